The first-order valence-corrected chi connectivity index (χ1v) is 6.51. The number of hydrogen-bond acceptors (Lipinski definition) is 3. The highest BCUT2D eigenvalue weighted by atomic mass is 16.4. The predicted molar refractivity (Wildman–Crippen MR) is 71.0 cm³/mol. The predicted octanol–water partition coefficient (Wildman–Crippen LogP) is 3.08. The molecule has 1 aromatic heterocycles. The van der Waals surface area contributed by atoms with E-state index in [1.807, 2.05) is 6.92 Å². The van der Waals surface area contributed by atoms with Crippen LogP contribution in [0.3, 0.4) is 0 Å². The maximum Gasteiger partial charge on any atom is 0.339 e. The molecule has 1 fully saturated rings. The van der Waals surface area contributed by atoms with Crippen LogP contribution in [0.1, 0.15) is 48.7 Å². The lowest BCUT2D eigenvalue weighted by Gasteiger charge is -2.41. The van der Waals surface area contributed by atoms with E-state index in [9.17, 15) is 4.79 Å². The van der Waals surface area contributed by atoms with Gasteiger partial charge in [-0.1, -0.05) is 13.3 Å². The van der Waals surface area contributed by atoms with Gasteiger partial charge < -0.3 is 10.4 Å². The van der Waals surface area contributed by atoms with Crippen LogP contribution in [0.4, 0.5) is 5.82 Å². The van der Waals surface area contributed by atoms with Crippen LogP contribution in [-0.4, -0.2) is 22.6 Å². The van der Waals surface area contributed by atoms with Gasteiger partial charge in [-0.15, -0.1) is 0 Å². The standard InChI is InChI=1S/C14H20N2O2/c1-3-14(7-4-8-14)9-15-12-11(13(17)18)6-5-10(2)16-12/h5-6H,3-4,7-9H2,1-2H3,(H,15,16)(H,17,18). The molecule has 0 atom stereocenters. The van der Waals surface area contributed by atoms with E-state index in [1.165, 1.54) is 19.3 Å². The summed E-state index contributed by atoms with van der Waals surface area (Å²) in [6.45, 7) is 4.89. The Hall–Kier alpha value is -1.58. The lowest BCUT2D eigenvalue weighted by molar-refractivity contribution is 0.0697. The molecule has 1 aromatic rings. The number of aryl methyl sites for hydroxylation is 1. The number of nitrogens with one attached hydrogen (secondary N) is 1. The quantitative estimate of drug-likeness (QED) is 0.840. The van der Waals surface area contributed by atoms with Gasteiger partial charge in [-0.05, 0) is 43.7 Å². The van der Waals surface area contributed by atoms with Crippen molar-refractivity contribution in [3.63, 3.8) is 0 Å². The second kappa shape index (κ2) is 4.96. The molecule has 0 bridgehead atoms. The Morgan fingerprint density at radius 2 is 2.22 bits per heavy atom. The van der Waals surface area contributed by atoms with Crippen LogP contribution in [0.2, 0.25) is 0 Å². The maximum atomic E-state index is 11.1. The van der Waals surface area contributed by atoms with E-state index in [0.29, 0.717) is 11.2 Å². The molecule has 1 heterocycles. The maximum absolute atomic E-state index is 11.1. The molecule has 2 N–H and O–H groups in total. The van der Waals surface area contributed by atoms with E-state index in [2.05, 4.69) is 17.2 Å². The molecule has 1 aliphatic rings. The first kappa shape index (κ1) is 12.9. The Morgan fingerprint density at radius 3 is 2.72 bits per heavy atom. The van der Waals surface area contributed by atoms with Crippen LogP contribution >= 0.6 is 0 Å². The first-order chi connectivity index (χ1) is 8.56. The molecular formula is C14H20N2O2. The number of carboxylic acid groups (broad SMARTS) is 1. The molecule has 0 aromatic carbocycles. The molecule has 2 rings (SSSR count). The van der Waals surface area contributed by atoms with Crippen molar-refractivity contribution in [1.29, 1.82) is 0 Å². The van der Waals surface area contributed by atoms with Gasteiger partial charge in [0.1, 0.15) is 11.4 Å². The number of anilines is 1. The van der Waals surface area contributed by atoms with Gasteiger partial charge in [0.15, 0.2) is 0 Å². The number of aromatic nitrogens is 1. The van der Waals surface area contributed by atoms with E-state index in [0.717, 1.165) is 18.7 Å². The summed E-state index contributed by atoms with van der Waals surface area (Å²) in [6.07, 6.45) is 4.87. The van der Waals surface area contributed by atoms with E-state index in [-0.39, 0.29) is 5.56 Å². The third-order valence-electron chi connectivity index (χ3n) is 4.06. The summed E-state index contributed by atoms with van der Waals surface area (Å²) in [6, 6.07) is 3.35. The van der Waals surface area contributed by atoms with Crippen molar-refractivity contribution in [1.82, 2.24) is 4.98 Å². The molecule has 4 nitrogen and oxygen atoms in total. The second-order valence-corrected chi connectivity index (χ2v) is 5.21. The molecular weight excluding hydrogens is 228 g/mol. The number of carboxylic acids is 1. The summed E-state index contributed by atoms with van der Waals surface area (Å²) >= 11 is 0. The summed E-state index contributed by atoms with van der Waals surface area (Å²) in [5.41, 5.74) is 1.44. The topological polar surface area (TPSA) is 62.2 Å². The largest absolute Gasteiger partial charge is 0.478 e. The molecule has 98 valence electrons. The Labute approximate surface area is 107 Å². The van der Waals surface area contributed by atoms with Crippen LogP contribution in [0, 0.1) is 12.3 Å². The Bertz CT molecular complexity index is 448. The molecule has 18 heavy (non-hydrogen) atoms. The SMILES string of the molecule is CCC1(CNc2nc(C)ccc2C(=O)O)CCC1. The minimum atomic E-state index is -0.927. The summed E-state index contributed by atoms with van der Waals surface area (Å²) in [5, 5.41) is 12.4. The summed E-state index contributed by atoms with van der Waals surface area (Å²) in [4.78, 5) is 15.4. The third kappa shape index (κ3) is 2.47. The van der Waals surface area contributed by atoms with Gasteiger partial charge in [0.05, 0.1) is 0 Å². The molecule has 0 saturated heterocycles. The monoisotopic (exact) mass is 248 g/mol. The average molecular weight is 248 g/mol. The number of rotatable bonds is 5. The highest BCUT2D eigenvalue weighted by Crippen LogP contribution is 2.43. The van der Waals surface area contributed by atoms with Gasteiger partial charge in [-0.2, -0.15) is 0 Å². The molecule has 0 spiro atoms. The van der Waals surface area contributed by atoms with Gasteiger partial charge in [-0.25, -0.2) is 9.78 Å². The van der Waals surface area contributed by atoms with Crippen LogP contribution in [-0.2, 0) is 0 Å². The lowest BCUT2D eigenvalue weighted by Crippen LogP contribution is -2.36. The van der Waals surface area contributed by atoms with E-state index >= 15 is 0 Å². The Morgan fingerprint density at radius 1 is 1.50 bits per heavy atom. The molecule has 1 aliphatic carbocycles. The van der Waals surface area contributed by atoms with Crippen molar-refractivity contribution >= 4 is 11.8 Å². The highest BCUT2D eigenvalue weighted by molar-refractivity contribution is 5.93. The molecule has 0 radical (unpaired) electrons. The Balaban J connectivity index is 2.12. The fourth-order valence-corrected chi connectivity index (χ4v) is 2.47. The van der Waals surface area contributed by atoms with Crippen molar-refractivity contribution in [3.8, 4) is 0 Å². The first-order valence-electron chi connectivity index (χ1n) is 6.51. The van der Waals surface area contributed by atoms with E-state index < -0.39 is 5.97 Å². The zero-order valence-corrected chi connectivity index (χ0v) is 11.0. The van der Waals surface area contributed by atoms with Gasteiger partial charge in [0, 0.05) is 12.2 Å². The van der Waals surface area contributed by atoms with E-state index in [1.54, 1.807) is 12.1 Å². The lowest BCUT2D eigenvalue weighted by atomic mass is 9.67. The van der Waals surface area contributed by atoms with Crippen LogP contribution in [0.25, 0.3) is 0 Å². The van der Waals surface area contributed by atoms with Gasteiger partial charge >= 0.3 is 5.97 Å². The second-order valence-electron chi connectivity index (χ2n) is 5.21. The van der Waals surface area contributed by atoms with Gasteiger partial charge in [0.2, 0.25) is 0 Å². The van der Waals surface area contributed by atoms with Crippen molar-refractivity contribution in [2.45, 2.75) is 39.5 Å². The minimum Gasteiger partial charge on any atom is -0.478 e. The van der Waals surface area contributed by atoms with Crippen molar-refractivity contribution in [2.24, 2.45) is 5.41 Å². The van der Waals surface area contributed by atoms with Gasteiger partial charge in [-0.3, -0.25) is 0 Å². The minimum absolute atomic E-state index is 0.256. The molecule has 4 heteroatoms. The van der Waals surface area contributed by atoms with Crippen molar-refractivity contribution < 1.29 is 9.90 Å². The number of carbonyl (C=O) groups is 1. The number of nitrogens with zero attached hydrogens (tertiary/aromatic N) is 1. The zero-order valence-electron chi connectivity index (χ0n) is 11.0. The van der Waals surface area contributed by atoms with Crippen LogP contribution in [0.15, 0.2) is 12.1 Å². The summed E-state index contributed by atoms with van der Waals surface area (Å²) < 4.78 is 0. The number of hydrogen-bond donors (Lipinski definition) is 2. The highest BCUT2D eigenvalue weighted by Gasteiger charge is 2.35. The summed E-state index contributed by atoms with van der Waals surface area (Å²) in [5.74, 6) is -0.425. The molecule has 0 amide bonds. The van der Waals surface area contributed by atoms with Crippen LogP contribution in [0.5, 0.6) is 0 Å². The van der Waals surface area contributed by atoms with Gasteiger partial charge in [0.25, 0.3) is 0 Å². The smallest absolute Gasteiger partial charge is 0.339 e. The van der Waals surface area contributed by atoms with Crippen LogP contribution < -0.4 is 5.32 Å². The van der Waals surface area contributed by atoms with Crippen molar-refractivity contribution in [2.75, 3.05) is 11.9 Å². The molecule has 0 unspecified atom stereocenters. The van der Waals surface area contributed by atoms with E-state index in [4.69, 9.17) is 5.11 Å². The normalized spacial score (nSPS) is 17.0. The fraction of sp³-hybridized carbons (Fsp3) is 0.571. The van der Waals surface area contributed by atoms with Crippen molar-refractivity contribution in [3.05, 3.63) is 23.4 Å². The fourth-order valence-electron chi connectivity index (χ4n) is 2.47. The molecule has 0 aliphatic heterocycles. The molecule has 1 saturated carbocycles. The summed E-state index contributed by atoms with van der Waals surface area (Å²) in [7, 11) is 0. The Kier molecular flexibility index (Phi) is 3.55. The third-order valence-corrected chi connectivity index (χ3v) is 4.06. The number of aromatic carboxylic acids is 1. The number of pyridine rings is 1. The zero-order chi connectivity index (χ0) is 13.2. The average Bonchev–Trinajstić information content (AvgIpc) is 2.28.